The van der Waals surface area contributed by atoms with E-state index in [1.807, 2.05) is 0 Å². The van der Waals surface area contributed by atoms with Crippen molar-refractivity contribution < 1.29 is 22.0 Å². The van der Waals surface area contributed by atoms with Crippen LogP contribution in [0.5, 0.6) is 0 Å². The van der Waals surface area contributed by atoms with E-state index in [4.69, 9.17) is 0 Å². The highest BCUT2D eigenvalue weighted by Crippen LogP contribution is 2.22. The number of nitrogens with one attached hydrogen (secondary N) is 1. The average Bonchev–Trinajstić information content (AvgIpc) is 2.54. The highest BCUT2D eigenvalue weighted by atomic mass is 32.3. The van der Waals surface area contributed by atoms with Gasteiger partial charge in [0.05, 0.1) is 4.92 Å². The fourth-order valence-electron chi connectivity index (χ4n) is 2.00. The largest absolute Gasteiger partial charge is 0.332 e. The lowest BCUT2D eigenvalue weighted by Crippen LogP contribution is -2.08. The molecule has 0 spiro atoms. The van der Waals surface area contributed by atoms with Gasteiger partial charge >= 0.3 is 10.2 Å². The number of nitrogens with zero attached hydrogens (tertiary/aromatic N) is 1. The number of amides is 1. The Bertz CT molecular complexity index is 953. The molecule has 0 heterocycles. The molecule has 0 unspecified atom stereocenters. The normalized spacial score (nSPS) is 11.4. The highest BCUT2D eigenvalue weighted by Gasteiger charge is 2.16. The Morgan fingerprint density at radius 1 is 1.20 bits per heavy atom. The fraction of sp³-hybridized carbons (Fsp3) is 0.0625. The molecule has 0 aliphatic heterocycles. The first kappa shape index (κ1) is 18.3. The number of nitro benzene ring substituents is 1. The summed E-state index contributed by atoms with van der Waals surface area (Å²) in [6.45, 7) is 1.44. The van der Waals surface area contributed by atoms with Gasteiger partial charge in [-0.2, -0.15) is 8.42 Å². The molecule has 7 nitrogen and oxygen atoms in total. The average molecular weight is 364 g/mol. The summed E-state index contributed by atoms with van der Waals surface area (Å²) in [5.41, 5.74) is 0.847. The van der Waals surface area contributed by atoms with Gasteiger partial charge in [-0.25, -0.2) is 0 Å². The molecule has 0 saturated carbocycles. The Morgan fingerprint density at radius 3 is 2.40 bits per heavy atom. The number of nitro groups is 1. The van der Waals surface area contributed by atoms with E-state index in [0.29, 0.717) is 5.56 Å². The van der Waals surface area contributed by atoms with E-state index >= 15 is 0 Å². The van der Waals surface area contributed by atoms with E-state index in [0.717, 1.165) is 6.07 Å². The molecule has 0 radical (unpaired) electrons. The molecule has 0 atom stereocenters. The summed E-state index contributed by atoms with van der Waals surface area (Å²) >= 11 is 0. The van der Waals surface area contributed by atoms with Crippen molar-refractivity contribution in [1.82, 2.24) is 0 Å². The Balaban J connectivity index is 2.11. The van der Waals surface area contributed by atoms with Gasteiger partial charge in [0, 0.05) is 23.9 Å². The molecule has 9 heteroatoms. The van der Waals surface area contributed by atoms with Crippen LogP contribution in [0.25, 0.3) is 6.08 Å². The summed E-state index contributed by atoms with van der Waals surface area (Å²) in [6.07, 6.45) is 2.60. The lowest BCUT2D eigenvalue weighted by atomic mass is 10.2. The SMILES string of the molecule is Cc1ccc(NC(=O)C=Cc2ccc([N+](=O)[O-])cc2)cc1S(=O)(=O)F. The third-order valence-electron chi connectivity index (χ3n) is 3.25. The quantitative estimate of drug-likeness (QED) is 0.379. The van der Waals surface area contributed by atoms with Gasteiger partial charge < -0.3 is 5.32 Å². The van der Waals surface area contributed by atoms with Crippen LogP contribution in [0.1, 0.15) is 11.1 Å². The smallest absolute Gasteiger partial charge is 0.322 e. The summed E-state index contributed by atoms with van der Waals surface area (Å²) in [5, 5.41) is 13.0. The topological polar surface area (TPSA) is 106 Å². The third kappa shape index (κ3) is 4.95. The van der Waals surface area contributed by atoms with Gasteiger partial charge in [-0.3, -0.25) is 14.9 Å². The van der Waals surface area contributed by atoms with Gasteiger partial charge in [0.2, 0.25) is 5.91 Å². The lowest BCUT2D eigenvalue weighted by Gasteiger charge is -2.06. The van der Waals surface area contributed by atoms with E-state index < -0.39 is 25.9 Å². The zero-order valence-corrected chi connectivity index (χ0v) is 13.8. The molecule has 25 heavy (non-hydrogen) atoms. The van der Waals surface area contributed by atoms with Gasteiger partial charge in [-0.15, -0.1) is 3.89 Å². The maximum atomic E-state index is 13.2. The summed E-state index contributed by atoms with van der Waals surface area (Å²) in [6, 6.07) is 9.40. The maximum absolute atomic E-state index is 13.2. The number of hydrogen-bond acceptors (Lipinski definition) is 5. The molecule has 0 aromatic heterocycles. The molecule has 2 aromatic rings. The van der Waals surface area contributed by atoms with Crippen molar-refractivity contribution >= 4 is 33.6 Å². The second-order valence-corrected chi connectivity index (χ2v) is 6.40. The van der Waals surface area contributed by atoms with Crippen LogP contribution in [0.15, 0.2) is 53.4 Å². The van der Waals surface area contributed by atoms with E-state index in [1.165, 1.54) is 55.5 Å². The number of carbonyl (C=O) groups is 1. The van der Waals surface area contributed by atoms with Gasteiger partial charge in [0.25, 0.3) is 5.69 Å². The minimum atomic E-state index is -4.88. The summed E-state index contributed by atoms with van der Waals surface area (Å²) in [7, 11) is -4.88. The number of hydrogen-bond donors (Lipinski definition) is 1. The van der Waals surface area contributed by atoms with Crippen molar-refractivity contribution in [2.75, 3.05) is 5.32 Å². The van der Waals surface area contributed by atoms with Crippen molar-refractivity contribution in [1.29, 1.82) is 0 Å². The number of halogens is 1. The van der Waals surface area contributed by atoms with Crippen LogP contribution in [0.2, 0.25) is 0 Å². The predicted molar refractivity (Wildman–Crippen MR) is 90.2 cm³/mol. The molecule has 0 aliphatic carbocycles. The Kier molecular flexibility index (Phi) is 5.28. The van der Waals surface area contributed by atoms with Crippen LogP contribution in [-0.4, -0.2) is 19.2 Å². The molecule has 0 fully saturated rings. The molecule has 1 amide bonds. The zero-order valence-electron chi connectivity index (χ0n) is 13.0. The van der Waals surface area contributed by atoms with Crippen LogP contribution >= 0.6 is 0 Å². The van der Waals surface area contributed by atoms with Crippen LogP contribution in [-0.2, 0) is 15.0 Å². The minimum Gasteiger partial charge on any atom is -0.322 e. The molecular formula is C16H13FN2O5S. The first-order chi connectivity index (χ1) is 11.7. The summed E-state index contributed by atoms with van der Waals surface area (Å²) in [5.74, 6) is -0.565. The van der Waals surface area contributed by atoms with Gasteiger partial charge in [-0.05, 0) is 48.4 Å². The molecular weight excluding hydrogens is 351 g/mol. The van der Waals surface area contributed by atoms with E-state index in [-0.39, 0.29) is 16.9 Å². The van der Waals surface area contributed by atoms with Crippen molar-refractivity contribution in [2.24, 2.45) is 0 Å². The van der Waals surface area contributed by atoms with Crippen molar-refractivity contribution in [3.63, 3.8) is 0 Å². The molecule has 0 bridgehead atoms. The molecule has 1 N–H and O–H groups in total. The Labute approximate surface area is 143 Å². The van der Waals surface area contributed by atoms with E-state index in [9.17, 15) is 27.2 Å². The first-order valence-corrected chi connectivity index (χ1v) is 8.34. The van der Waals surface area contributed by atoms with Crippen LogP contribution in [0.4, 0.5) is 15.3 Å². The predicted octanol–water partition coefficient (Wildman–Crippen LogP) is 3.21. The third-order valence-corrected chi connectivity index (χ3v) is 4.21. The summed E-state index contributed by atoms with van der Waals surface area (Å²) < 4.78 is 35.2. The van der Waals surface area contributed by atoms with Gasteiger partial charge in [-0.1, -0.05) is 6.07 Å². The second kappa shape index (κ2) is 7.22. The second-order valence-electron chi connectivity index (χ2n) is 5.09. The fourth-order valence-corrected chi connectivity index (χ4v) is 2.72. The van der Waals surface area contributed by atoms with Crippen LogP contribution in [0, 0.1) is 17.0 Å². The highest BCUT2D eigenvalue weighted by molar-refractivity contribution is 7.86. The number of rotatable bonds is 5. The van der Waals surface area contributed by atoms with E-state index in [1.54, 1.807) is 0 Å². The Morgan fingerprint density at radius 2 is 1.84 bits per heavy atom. The van der Waals surface area contributed by atoms with Crippen molar-refractivity contribution in [3.8, 4) is 0 Å². The number of aryl methyl sites for hydroxylation is 1. The monoisotopic (exact) mass is 364 g/mol. The van der Waals surface area contributed by atoms with Crippen molar-refractivity contribution in [3.05, 3.63) is 69.8 Å². The number of benzene rings is 2. The van der Waals surface area contributed by atoms with Crippen LogP contribution in [0.3, 0.4) is 0 Å². The number of non-ortho nitro benzene ring substituents is 1. The minimum absolute atomic E-state index is 0.0683. The lowest BCUT2D eigenvalue weighted by molar-refractivity contribution is -0.384. The molecule has 130 valence electrons. The summed E-state index contributed by atoms with van der Waals surface area (Å²) in [4.78, 5) is 21.4. The van der Waals surface area contributed by atoms with Gasteiger partial charge in [0.15, 0.2) is 0 Å². The molecule has 0 saturated heterocycles. The van der Waals surface area contributed by atoms with Crippen molar-refractivity contribution in [2.45, 2.75) is 11.8 Å². The maximum Gasteiger partial charge on any atom is 0.332 e. The van der Waals surface area contributed by atoms with Gasteiger partial charge in [0.1, 0.15) is 4.90 Å². The zero-order chi connectivity index (χ0) is 18.6. The molecule has 0 aliphatic rings. The number of anilines is 1. The van der Waals surface area contributed by atoms with E-state index in [2.05, 4.69) is 5.32 Å². The molecule has 2 aromatic carbocycles. The number of carbonyl (C=O) groups excluding carboxylic acids is 1. The standard InChI is InChI=1S/C16H13FN2O5S/c1-11-2-6-13(10-15(11)25(17,23)24)18-16(20)9-5-12-3-7-14(8-4-12)19(21)22/h2-10H,1H3,(H,18,20). The first-order valence-electron chi connectivity index (χ1n) is 6.95. The van der Waals surface area contributed by atoms with Crippen LogP contribution < -0.4 is 5.32 Å². The molecule has 2 rings (SSSR count). The Hall–Kier alpha value is -3.07.